The number of fused-ring (bicyclic) bond motifs is 8. The first kappa shape index (κ1) is 35.5. The molecule has 2 aliphatic carbocycles. The van der Waals surface area contributed by atoms with E-state index in [1.807, 2.05) is 0 Å². The molecule has 0 amide bonds. The Kier molecular flexibility index (Phi) is 8.18. The fraction of sp³-hybridized carbons (Fsp3) is 0.0667. The summed E-state index contributed by atoms with van der Waals surface area (Å²) >= 11 is 0. The third-order valence-electron chi connectivity index (χ3n) is 13.1. The minimum Gasteiger partial charge on any atom is -0.310 e. The molecule has 0 fully saturated rings. The van der Waals surface area contributed by atoms with Gasteiger partial charge in [0.05, 0.1) is 5.69 Å². The van der Waals surface area contributed by atoms with Crippen LogP contribution in [0.25, 0.3) is 87.6 Å². The quantitative estimate of drug-likeness (QED) is 0.152. The normalized spacial score (nSPS) is 13.1. The van der Waals surface area contributed by atoms with E-state index in [0.29, 0.717) is 0 Å². The second-order valence-electron chi connectivity index (χ2n) is 16.8. The molecule has 0 atom stereocenters. The van der Waals surface area contributed by atoms with Crippen LogP contribution < -0.4 is 4.90 Å². The van der Waals surface area contributed by atoms with E-state index in [4.69, 9.17) is 0 Å². The van der Waals surface area contributed by atoms with Crippen LogP contribution in [0.15, 0.2) is 200 Å². The molecule has 61 heavy (non-hydrogen) atoms. The summed E-state index contributed by atoms with van der Waals surface area (Å²) in [5.41, 5.74) is 19.0. The Morgan fingerprint density at radius 1 is 0.393 bits per heavy atom. The predicted molar refractivity (Wildman–Crippen MR) is 262 cm³/mol. The number of hydrogen-bond acceptors (Lipinski definition) is 1. The van der Waals surface area contributed by atoms with Gasteiger partial charge in [-0.3, -0.25) is 0 Å². The van der Waals surface area contributed by atoms with Gasteiger partial charge in [-0.15, -0.1) is 0 Å². The SMILES string of the molecule is Cc1cc(C)cc(N(c2ccc3c(c2)c2ccccc2c2c(-c4ccccc4)cc(-c4ccccc4)c(-c4ccccc4)c32)c2ccc3c4c(cccc24)C2=C3C=CCC2)c1. The van der Waals surface area contributed by atoms with Gasteiger partial charge in [0, 0.05) is 16.8 Å². The van der Waals surface area contributed by atoms with E-state index in [9.17, 15) is 0 Å². The van der Waals surface area contributed by atoms with Crippen molar-refractivity contribution in [1.29, 1.82) is 0 Å². The summed E-state index contributed by atoms with van der Waals surface area (Å²) in [5.74, 6) is 0. The van der Waals surface area contributed by atoms with Crippen molar-refractivity contribution in [1.82, 2.24) is 0 Å². The zero-order valence-corrected chi connectivity index (χ0v) is 34.4. The van der Waals surface area contributed by atoms with E-state index in [1.165, 1.54) is 121 Å². The van der Waals surface area contributed by atoms with E-state index >= 15 is 0 Å². The molecule has 0 aromatic heterocycles. The van der Waals surface area contributed by atoms with Gasteiger partial charge in [-0.25, -0.2) is 0 Å². The second kappa shape index (κ2) is 14.1. The van der Waals surface area contributed by atoms with Crippen molar-refractivity contribution in [3.63, 3.8) is 0 Å². The first-order valence-corrected chi connectivity index (χ1v) is 21.6. The van der Waals surface area contributed by atoms with Crippen LogP contribution >= 0.6 is 0 Å². The first-order chi connectivity index (χ1) is 30.1. The van der Waals surface area contributed by atoms with Gasteiger partial charge in [0.2, 0.25) is 0 Å². The molecule has 0 N–H and O–H groups in total. The summed E-state index contributed by atoms with van der Waals surface area (Å²) < 4.78 is 0. The predicted octanol–water partition coefficient (Wildman–Crippen LogP) is 17.0. The fourth-order valence-electron chi connectivity index (χ4n) is 10.6. The third-order valence-corrected chi connectivity index (χ3v) is 13.1. The molecule has 0 unspecified atom stereocenters. The van der Waals surface area contributed by atoms with Gasteiger partial charge in [0.15, 0.2) is 0 Å². The Morgan fingerprint density at radius 3 is 1.77 bits per heavy atom. The molecule has 10 aromatic rings. The van der Waals surface area contributed by atoms with Crippen LogP contribution in [-0.4, -0.2) is 0 Å². The van der Waals surface area contributed by atoms with Gasteiger partial charge in [0.25, 0.3) is 0 Å². The highest BCUT2D eigenvalue weighted by molar-refractivity contribution is 6.33. The van der Waals surface area contributed by atoms with Crippen LogP contribution in [0, 0.1) is 13.8 Å². The third kappa shape index (κ3) is 5.61. The summed E-state index contributed by atoms with van der Waals surface area (Å²) in [6, 6.07) is 70.3. The highest BCUT2D eigenvalue weighted by Crippen LogP contribution is 2.53. The summed E-state index contributed by atoms with van der Waals surface area (Å²) in [4.78, 5) is 2.52. The maximum atomic E-state index is 2.52. The zero-order chi connectivity index (χ0) is 40.6. The average molecular weight is 778 g/mol. The molecule has 0 saturated heterocycles. The van der Waals surface area contributed by atoms with Crippen molar-refractivity contribution >= 4 is 71.3 Å². The summed E-state index contributed by atoms with van der Waals surface area (Å²) in [6.45, 7) is 4.43. The van der Waals surface area contributed by atoms with Gasteiger partial charge in [-0.05, 0) is 168 Å². The van der Waals surface area contributed by atoms with E-state index in [2.05, 4.69) is 219 Å². The van der Waals surface area contributed by atoms with Crippen molar-refractivity contribution in [3.8, 4) is 33.4 Å². The molecule has 12 rings (SSSR count). The zero-order valence-electron chi connectivity index (χ0n) is 34.4. The smallest absolute Gasteiger partial charge is 0.0540 e. The molecule has 0 saturated carbocycles. The Labute approximate surface area is 357 Å². The summed E-state index contributed by atoms with van der Waals surface area (Å²) in [6.07, 6.45) is 6.87. The number of nitrogens with zero attached hydrogens (tertiary/aromatic N) is 1. The Bertz CT molecular complexity index is 3440. The van der Waals surface area contributed by atoms with Gasteiger partial charge >= 0.3 is 0 Å². The lowest BCUT2D eigenvalue weighted by atomic mass is 9.81. The molecule has 0 aliphatic heterocycles. The number of anilines is 3. The lowest BCUT2D eigenvalue weighted by Crippen LogP contribution is -2.11. The van der Waals surface area contributed by atoms with E-state index < -0.39 is 0 Å². The maximum absolute atomic E-state index is 2.52. The van der Waals surface area contributed by atoms with Crippen LogP contribution in [0.4, 0.5) is 17.1 Å². The van der Waals surface area contributed by atoms with Crippen molar-refractivity contribution in [2.45, 2.75) is 26.7 Å². The van der Waals surface area contributed by atoms with Gasteiger partial charge in [0.1, 0.15) is 0 Å². The van der Waals surface area contributed by atoms with E-state index in [0.717, 1.165) is 18.5 Å². The molecule has 10 aromatic carbocycles. The summed E-state index contributed by atoms with van der Waals surface area (Å²) in [5, 5.41) is 10.2. The Hall–Kier alpha value is -7.48. The second-order valence-corrected chi connectivity index (χ2v) is 16.8. The monoisotopic (exact) mass is 777 g/mol. The van der Waals surface area contributed by atoms with Gasteiger partial charge < -0.3 is 4.90 Å². The van der Waals surface area contributed by atoms with Crippen molar-refractivity contribution < 1.29 is 0 Å². The summed E-state index contributed by atoms with van der Waals surface area (Å²) in [7, 11) is 0. The maximum Gasteiger partial charge on any atom is 0.0540 e. The van der Waals surface area contributed by atoms with Crippen LogP contribution in [0.5, 0.6) is 0 Å². The minimum atomic E-state index is 1.09. The average Bonchev–Trinajstić information content (AvgIpc) is 3.64. The molecule has 288 valence electrons. The minimum absolute atomic E-state index is 1.09. The molecular formula is C60H43N. The Morgan fingerprint density at radius 2 is 1.03 bits per heavy atom. The van der Waals surface area contributed by atoms with Crippen molar-refractivity contribution in [2.75, 3.05) is 4.90 Å². The molecule has 0 heterocycles. The molecule has 0 bridgehead atoms. The van der Waals surface area contributed by atoms with E-state index in [1.54, 1.807) is 0 Å². The first-order valence-electron chi connectivity index (χ1n) is 21.6. The highest BCUT2D eigenvalue weighted by Gasteiger charge is 2.28. The molecule has 2 aliphatic rings. The number of rotatable bonds is 6. The van der Waals surface area contributed by atoms with E-state index in [-0.39, 0.29) is 0 Å². The topological polar surface area (TPSA) is 3.24 Å². The van der Waals surface area contributed by atoms with Gasteiger partial charge in [-0.1, -0.05) is 164 Å². The number of hydrogen-bond donors (Lipinski definition) is 0. The molecule has 1 heteroatoms. The molecule has 0 radical (unpaired) electrons. The van der Waals surface area contributed by atoms with Crippen molar-refractivity contribution in [3.05, 3.63) is 222 Å². The largest absolute Gasteiger partial charge is 0.310 e. The van der Waals surface area contributed by atoms with Gasteiger partial charge in [-0.2, -0.15) is 0 Å². The van der Waals surface area contributed by atoms with Crippen LogP contribution in [0.2, 0.25) is 0 Å². The standard InChI is InChI=1S/C60H43N/c1-38-33-39(2)35-44(34-38)61(56-32-31-50-46-24-13-12-23-45(46)48-27-16-28-52(56)58(48)50)43-29-30-51-55(36-43)47-25-14-15-26-49(47)59-54(41-19-8-4-9-20-41)37-53(40-17-6-3-7-18-40)57(60(51)59)42-21-10-5-11-22-42/h3-11,13-22,24-37H,12,23H2,1-2H3. The number of aryl methyl sites for hydroxylation is 2. The molecule has 0 spiro atoms. The lowest BCUT2D eigenvalue weighted by molar-refractivity contribution is 1.06. The Balaban J connectivity index is 1.21. The lowest BCUT2D eigenvalue weighted by Gasteiger charge is -2.29. The van der Waals surface area contributed by atoms with Crippen molar-refractivity contribution in [2.24, 2.45) is 0 Å². The van der Waals surface area contributed by atoms with Crippen LogP contribution in [-0.2, 0) is 0 Å². The van der Waals surface area contributed by atoms with Crippen LogP contribution in [0.3, 0.4) is 0 Å². The number of benzene rings is 10. The number of allylic oxidation sites excluding steroid dienone is 4. The fourth-order valence-corrected chi connectivity index (χ4v) is 10.6. The van der Waals surface area contributed by atoms with Crippen LogP contribution in [0.1, 0.15) is 35.1 Å². The molecule has 1 nitrogen and oxygen atoms in total. The highest BCUT2D eigenvalue weighted by atomic mass is 15.1. The molecular weight excluding hydrogens is 735 g/mol.